The smallest absolute Gasteiger partial charge is 0.300 e. The molecule has 1 saturated heterocycles. The van der Waals surface area contributed by atoms with Gasteiger partial charge in [0.25, 0.3) is 11.7 Å². The second kappa shape index (κ2) is 9.61. The first-order chi connectivity index (χ1) is 16.4. The summed E-state index contributed by atoms with van der Waals surface area (Å²) in [5, 5.41) is 11.6. The predicted molar refractivity (Wildman–Crippen MR) is 132 cm³/mol. The molecule has 34 heavy (non-hydrogen) atoms. The van der Waals surface area contributed by atoms with Crippen molar-refractivity contribution in [1.82, 2.24) is 0 Å². The number of aliphatic hydroxyl groups is 1. The molecule has 1 fully saturated rings. The second-order valence-electron chi connectivity index (χ2n) is 7.77. The molecule has 0 aliphatic carbocycles. The number of carbonyl (C=O) groups is 2. The summed E-state index contributed by atoms with van der Waals surface area (Å²) in [7, 11) is 1.52. The zero-order valence-electron chi connectivity index (χ0n) is 19.0. The Morgan fingerprint density at radius 1 is 1.06 bits per heavy atom. The van der Waals surface area contributed by atoms with E-state index in [2.05, 4.69) is 0 Å². The summed E-state index contributed by atoms with van der Waals surface area (Å²) in [4.78, 5) is 28.2. The van der Waals surface area contributed by atoms with Gasteiger partial charge in [0.1, 0.15) is 17.3 Å². The number of para-hydroxylation sites is 2. The highest BCUT2D eigenvalue weighted by Crippen LogP contribution is 2.46. The van der Waals surface area contributed by atoms with Crippen LogP contribution in [0.3, 0.4) is 0 Å². The zero-order chi connectivity index (χ0) is 24.4. The van der Waals surface area contributed by atoms with Crippen LogP contribution in [0.5, 0.6) is 11.5 Å². The molecule has 1 aliphatic heterocycles. The highest BCUT2D eigenvalue weighted by atomic mass is 35.5. The van der Waals surface area contributed by atoms with Crippen molar-refractivity contribution in [1.29, 1.82) is 0 Å². The van der Waals surface area contributed by atoms with E-state index in [4.69, 9.17) is 21.1 Å². The number of nitrogens with zero attached hydrogens (tertiary/aromatic N) is 1. The standard InChI is InChI=1S/C27H24ClNO5/c1-4-34-17-13-14-20(28)19(15-17)25(30)23-24(18-10-6-8-12-22(18)33-3)29(27(32)26(23)31)21-11-7-5-9-16(21)2/h5-15,24,30H,4H2,1-3H3/b25-23+. The highest BCUT2D eigenvalue weighted by molar-refractivity contribution is 6.52. The fourth-order valence-corrected chi connectivity index (χ4v) is 4.40. The molecule has 0 radical (unpaired) electrons. The Hall–Kier alpha value is -3.77. The highest BCUT2D eigenvalue weighted by Gasteiger charge is 2.48. The van der Waals surface area contributed by atoms with Gasteiger partial charge in [0, 0.05) is 16.8 Å². The molecular formula is C27H24ClNO5. The first-order valence-electron chi connectivity index (χ1n) is 10.8. The summed E-state index contributed by atoms with van der Waals surface area (Å²) in [6, 6.07) is 18.3. The van der Waals surface area contributed by atoms with E-state index in [1.807, 2.05) is 26.0 Å². The van der Waals surface area contributed by atoms with E-state index >= 15 is 0 Å². The average molecular weight is 478 g/mol. The molecule has 7 heteroatoms. The van der Waals surface area contributed by atoms with E-state index in [0.717, 1.165) is 5.56 Å². The summed E-state index contributed by atoms with van der Waals surface area (Å²) >= 11 is 6.40. The minimum absolute atomic E-state index is 0.0756. The van der Waals surface area contributed by atoms with Crippen LogP contribution in [0.4, 0.5) is 5.69 Å². The van der Waals surface area contributed by atoms with Crippen molar-refractivity contribution in [2.24, 2.45) is 0 Å². The normalized spacial score (nSPS) is 17.2. The van der Waals surface area contributed by atoms with Gasteiger partial charge in [0.05, 0.1) is 30.4 Å². The molecule has 1 aliphatic rings. The predicted octanol–water partition coefficient (Wildman–Crippen LogP) is 5.68. The number of ether oxygens (including phenoxy) is 2. The summed E-state index contributed by atoms with van der Waals surface area (Å²) in [6.07, 6.45) is 0. The molecule has 1 atom stereocenters. The molecule has 0 spiro atoms. The molecule has 0 saturated carbocycles. The number of Topliss-reactive ketones (excluding diaryl/α,β-unsaturated/α-hetero) is 1. The van der Waals surface area contributed by atoms with Crippen LogP contribution in [-0.4, -0.2) is 30.5 Å². The number of carbonyl (C=O) groups excluding carboxylic acids is 2. The van der Waals surface area contributed by atoms with Crippen LogP contribution in [0.25, 0.3) is 5.76 Å². The molecule has 3 aromatic rings. The van der Waals surface area contributed by atoms with E-state index in [9.17, 15) is 14.7 Å². The van der Waals surface area contributed by atoms with Gasteiger partial charge in [0.15, 0.2) is 0 Å². The number of hydrogen-bond donors (Lipinski definition) is 1. The van der Waals surface area contributed by atoms with E-state index in [1.165, 1.54) is 12.0 Å². The maximum absolute atomic E-state index is 13.4. The maximum atomic E-state index is 13.4. The first-order valence-corrected chi connectivity index (χ1v) is 11.2. The van der Waals surface area contributed by atoms with Crippen molar-refractivity contribution >= 4 is 34.7 Å². The Kier molecular flexibility index (Phi) is 6.61. The second-order valence-corrected chi connectivity index (χ2v) is 8.18. The molecule has 1 unspecified atom stereocenters. The SMILES string of the molecule is CCOc1ccc(Cl)c(/C(O)=C2\C(=O)C(=O)N(c3ccccc3C)C2c2ccccc2OC)c1. The Labute approximate surface area is 203 Å². The van der Waals surface area contributed by atoms with Gasteiger partial charge in [-0.25, -0.2) is 0 Å². The number of methoxy groups -OCH3 is 1. The molecule has 4 rings (SSSR count). The molecule has 1 amide bonds. The summed E-state index contributed by atoms with van der Waals surface area (Å²) < 4.78 is 11.1. The lowest BCUT2D eigenvalue weighted by Crippen LogP contribution is -2.30. The largest absolute Gasteiger partial charge is 0.507 e. The molecule has 1 N–H and O–H groups in total. The van der Waals surface area contributed by atoms with Crippen LogP contribution in [0.15, 0.2) is 72.3 Å². The third-order valence-corrected chi connectivity index (χ3v) is 6.09. The number of rotatable bonds is 6. The summed E-state index contributed by atoms with van der Waals surface area (Å²) in [5.41, 5.74) is 2.06. The summed E-state index contributed by atoms with van der Waals surface area (Å²) in [6.45, 7) is 4.11. The number of ketones is 1. The topological polar surface area (TPSA) is 76.1 Å². The maximum Gasteiger partial charge on any atom is 0.300 e. The van der Waals surface area contributed by atoms with Gasteiger partial charge < -0.3 is 14.6 Å². The monoisotopic (exact) mass is 477 g/mol. The van der Waals surface area contributed by atoms with E-state index in [-0.39, 0.29) is 21.9 Å². The number of hydrogen-bond acceptors (Lipinski definition) is 5. The van der Waals surface area contributed by atoms with Gasteiger partial charge in [-0.3, -0.25) is 14.5 Å². The number of aliphatic hydroxyl groups excluding tert-OH is 1. The van der Waals surface area contributed by atoms with Crippen LogP contribution in [-0.2, 0) is 9.59 Å². The van der Waals surface area contributed by atoms with Gasteiger partial charge in [-0.2, -0.15) is 0 Å². The number of benzene rings is 3. The van der Waals surface area contributed by atoms with Gasteiger partial charge in [-0.1, -0.05) is 48.0 Å². The number of halogens is 1. The minimum atomic E-state index is -0.927. The number of aryl methyl sites for hydroxylation is 1. The molecule has 174 valence electrons. The Morgan fingerprint density at radius 2 is 1.76 bits per heavy atom. The van der Waals surface area contributed by atoms with E-state index < -0.39 is 17.7 Å². The molecule has 1 heterocycles. The van der Waals surface area contributed by atoms with Crippen molar-refractivity contribution in [2.45, 2.75) is 19.9 Å². The van der Waals surface area contributed by atoms with Crippen molar-refractivity contribution < 1.29 is 24.2 Å². The van der Waals surface area contributed by atoms with Crippen molar-refractivity contribution in [3.05, 3.63) is 94.0 Å². The van der Waals surface area contributed by atoms with Crippen molar-refractivity contribution in [3.63, 3.8) is 0 Å². The van der Waals surface area contributed by atoms with Crippen molar-refractivity contribution in [2.75, 3.05) is 18.6 Å². The zero-order valence-corrected chi connectivity index (χ0v) is 19.8. The van der Waals surface area contributed by atoms with Crippen LogP contribution < -0.4 is 14.4 Å². The van der Waals surface area contributed by atoms with Crippen molar-refractivity contribution in [3.8, 4) is 11.5 Å². The van der Waals surface area contributed by atoms with Crippen LogP contribution in [0.1, 0.15) is 29.7 Å². The molecule has 6 nitrogen and oxygen atoms in total. The molecule has 0 aromatic heterocycles. The molecule has 3 aromatic carbocycles. The van der Waals surface area contributed by atoms with E-state index in [1.54, 1.807) is 54.6 Å². The number of anilines is 1. The summed E-state index contributed by atoms with van der Waals surface area (Å²) in [5.74, 6) is -0.973. The Balaban J connectivity index is 2.01. The fourth-order valence-electron chi connectivity index (χ4n) is 4.19. The third kappa shape index (κ3) is 4.01. The van der Waals surface area contributed by atoms with Crippen LogP contribution >= 0.6 is 11.6 Å². The van der Waals surface area contributed by atoms with Crippen LogP contribution in [0, 0.1) is 6.92 Å². The molecule has 0 bridgehead atoms. The number of amides is 1. The first kappa shape index (κ1) is 23.4. The van der Waals surface area contributed by atoms with Gasteiger partial charge in [-0.15, -0.1) is 0 Å². The minimum Gasteiger partial charge on any atom is -0.507 e. The van der Waals surface area contributed by atoms with Gasteiger partial charge in [0.2, 0.25) is 0 Å². The lowest BCUT2D eigenvalue weighted by Gasteiger charge is -2.27. The van der Waals surface area contributed by atoms with Gasteiger partial charge >= 0.3 is 0 Å². The van der Waals surface area contributed by atoms with E-state index in [0.29, 0.717) is 29.4 Å². The lowest BCUT2D eigenvalue weighted by molar-refractivity contribution is -0.132. The lowest BCUT2D eigenvalue weighted by atomic mass is 9.94. The average Bonchev–Trinajstić information content (AvgIpc) is 3.10. The van der Waals surface area contributed by atoms with Crippen LogP contribution in [0.2, 0.25) is 5.02 Å². The molecular weight excluding hydrogens is 454 g/mol. The third-order valence-electron chi connectivity index (χ3n) is 5.76. The Bertz CT molecular complexity index is 1300. The van der Waals surface area contributed by atoms with Gasteiger partial charge in [-0.05, 0) is 49.7 Å². The fraction of sp³-hybridized carbons (Fsp3) is 0.185. The Morgan fingerprint density at radius 3 is 2.47 bits per heavy atom. The quantitative estimate of drug-likeness (QED) is 0.281.